The van der Waals surface area contributed by atoms with E-state index in [-0.39, 0.29) is 0 Å². The van der Waals surface area contributed by atoms with Crippen LogP contribution in [-0.2, 0) is 13.5 Å². The Balaban J connectivity index is 2.11. The van der Waals surface area contributed by atoms with Gasteiger partial charge in [-0.25, -0.2) is 4.98 Å². The van der Waals surface area contributed by atoms with Crippen LogP contribution in [0.2, 0.25) is 0 Å². The second kappa shape index (κ2) is 4.61. The van der Waals surface area contributed by atoms with Gasteiger partial charge in [-0.3, -0.25) is 4.68 Å². The van der Waals surface area contributed by atoms with Gasteiger partial charge in [-0.15, -0.1) is 0 Å². The molecule has 0 fully saturated rings. The predicted molar refractivity (Wildman–Crippen MR) is 65.1 cm³/mol. The van der Waals surface area contributed by atoms with Crippen molar-refractivity contribution in [2.75, 3.05) is 5.32 Å². The van der Waals surface area contributed by atoms with Crippen LogP contribution in [0.1, 0.15) is 24.9 Å². The first-order valence-corrected chi connectivity index (χ1v) is 6.06. The fourth-order valence-corrected chi connectivity index (χ4v) is 2.09. The number of aryl methyl sites for hydroxylation is 3. The quantitative estimate of drug-likeness (QED) is 0.886. The van der Waals surface area contributed by atoms with Gasteiger partial charge in [0, 0.05) is 31.2 Å². The molecule has 0 aliphatic rings. The highest BCUT2D eigenvalue weighted by molar-refractivity contribution is 7.09. The van der Waals surface area contributed by atoms with Crippen LogP contribution in [0.25, 0.3) is 0 Å². The van der Waals surface area contributed by atoms with Crippen molar-refractivity contribution in [1.82, 2.24) is 19.1 Å². The maximum absolute atomic E-state index is 4.40. The van der Waals surface area contributed by atoms with E-state index in [1.807, 2.05) is 20.2 Å². The van der Waals surface area contributed by atoms with Gasteiger partial charge in [-0.1, -0.05) is 6.92 Å². The molecule has 5 nitrogen and oxygen atoms in total. The van der Waals surface area contributed by atoms with Crippen LogP contribution in [0.5, 0.6) is 0 Å². The second-order valence-electron chi connectivity index (χ2n) is 3.69. The summed E-state index contributed by atoms with van der Waals surface area (Å²) < 4.78 is 6.06. The van der Waals surface area contributed by atoms with Crippen molar-refractivity contribution >= 4 is 22.4 Å². The standard InChI is InChI=1S/C10H15N5S/c1-4-5-9-12-10(16-14-9)11-8-6-15(3)13-7(8)2/h6H,4-5H2,1-3H3,(H,11,12,14). The highest BCUT2D eigenvalue weighted by Crippen LogP contribution is 2.20. The van der Waals surface area contributed by atoms with E-state index in [0.717, 1.165) is 35.2 Å². The van der Waals surface area contributed by atoms with E-state index in [4.69, 9.17) is 0 Å². The third-order valence-corrected chi connectivity index (χ3v) is 2.87. The highest BCUT2D eigenvalue weighted by atomic mass is 32.1. The Labute approximate surface area is 98.7 Å². The molecule has 0 atom stereocenters. The summed E-state index contributed by atoms with van der Waals surface area (Å²) in [6.45, 7) is 4.09. The van der Waals surface area contributed by atoms with E-state index >= 15 is 0 Å². The number of rotatable bonds is 4. The van der Waals surface area contributed by atoms with Gasteiger partial charge >= 0.3 is 0 Å². The van der Waals surface area contributed by atoms with Crippen LogP contribution in [0.3, 0.4) is 0 Å². The molecule has 2 rings (SSSR count). The van der Waals surface area contributed by atoms with Crippen LogP contribution >= 0.6 is 11.5 Å². The Morgan fingerprint density at radius 1 is 1.50 bits per heavy atom. The van der Waals surface area contributed by atoms with E-state index in [2.05, 4.69) is 26.7 Å². The number of nitrogens with one attached hydrogen (secondary N) is 1. The molecule has 0 radical (unpaired) electrons. The van der Waals surface area contributed by atoms with Crippen LogP contribution in [0.4, 0.5) is 10.8 Å². The van der Waals surface area contributed by atoms with Gasteiger partial charge in [0.15, 0.2) is 0 Å². The smallest absolute Gasteiger partial charge is 0.207 e. The summed E-state index contributed by atoms with van der Waals surface area (Å²) in [7, 11) is 1.90. The molecule has 0 aliphatic heterocycles. The maximum Gasteiger partial charge on any atom is 0.207 e. The van der Waals surface area contributed by atoms with Gasteiger partial charge in [-0.05, 0) is 13.3 Å². The van der Waals surface area contributed by atoms with Gasteiger partial charge in [-0.2, -0.15) is 9.47 Å². The number of anilines is 2. The average molecular weight is 237 g/mol. The fourth-order valence-electron chi connectivity index (χ4n) is 1.47. The van der Waals surface area contributed by atoms with E-state index in [0.29, 0.717) is 0 Å². The number of aromatic nitrogens is 4. The molecule has 16 heavy (non-hydrogen) atoms. The number of nitrogens with zero attached hydrogens (tertiary/aromatic N) is 4. The Hall–Kier alpha value is -1.43. The third-order valence-electron chi connectivity index (χ3n) is 2.20. The minimum atomic E-state index is 0.833. The lowest BCUT2D eigenvalue weighted by atomic mass is 10.3. The summed E-state index contributed by atoms with van der Waals surface area (Å²) in [6, 6.07) is 0. The minimum Gasteiger partial charge on any atom is -0.327 e. The Morgan fingerprint density at radius 2 is 2.31 bits per heavy atom. The van der Waals surface area contributed by atoms with Crippen molar-refractivity contribution in [1.29, 1.82) is 0 Å². The average Bonchev–Trinajstić information content (AvgIpc) is 2.76. The molecule has 2 aromatic heterocycles. The fraction of sp³-hybridized carbons (Fsp3) is 0.500. The van der Waals surface area contributed by atoms with Gasteiger partial charge in [0.05, 0.1) is 11.4 Å². The molecule has 1 N–H and O–H groups in total. The normalized spacial score (nSPS) is 10.7. The molecule has 6 heteroatoms. The van der Waals surface area contributed by atoms with Gasteiger partial charge in [0.1, 0.15) is 5.82 Å². The first-order chi connectivity index (χ1) is 7.69. The first-order valence-electron chi connectivity index (χ1n) is 5.29. The number of hydrogen-bond acceptors (Lipinski definition) is 5. The Morgan fingerprint density at radius 3 is 2.94 bits per heavy atom. The lowest BCUT2D eigenvalue weighted by Gasteiger charge is -1.97. The predicted octanol–water partition coefficient (Wildman–Crippen LogP) is 2.28. The maximum atomic E-state index is 4.40. The highest BCUT2D eigenvalue weighted by Gasteiger charge is 2.07. The molecule has 2 heterocycles. The van der Waals surface area contributed by atoms with E-state index in [1.54, 1.807) is 4.68 Å². The largest absolute Gasteiger partial charge is 0.327 e. The van der Waals surface area contributed by atoms with Crippen molar-refractivity contribution in [3.8, 4) is 0 Å². The number of hydrogen-bond donors (Lipinski definition) is 1. The zero-order chi connectivity index (χ0) is 11.5. The lowest BCUT2D eigenvalue weighted by Crippen LogP contribution is -1.91. The van der Waals surface area contributed by atoms with Crippen molar-refractivity contribution in [2.24, 2.45) is 7.05 Å². The van der Waals surface area contributed by atoms with E-state index < -0.39 is 0 Å². The SMILES string of the molecule is CCCc1nsc(Nc2cn(C)nc2C)n1. The monoisotopic (exact) mass is 237 g/mol. The minimum absolute atomic E-state index is 0.833. The Bertz CT molecular complexity index is 473. The van der Waals surface area contributed by atoms with Crippen LogP contribution in [0, 0.1) is 6.92 Å². The molecular formula is C10H15N5S. The summed E-state index contributed by atoms with van der Waals surface area (Å²) in [6.07, 6.45) is 3.95. The summed E-state index contributed by atoms with van der Waals surface area (Å²) in [5.41, 5.74) is 1.96. The summed E-state index contributed by atoms with van der Waals surface area (Å²) in [4.78, 5) is 4.40. The summed E-state index contributed by atoms with van der Waals surface area (Å²) >= 11 is 1.39. The Kier molecular flexibility index (Phi) is 3.19. The van der Waals surface area contributed by atoms with Crippen molar-refractivity contribution in [2.45, 2.75) is 26.7 Å². The molecule has 0 bridgehead atoms. The summed E-state index contributed by atoms with van der Waals surface area (Å²) in [5.74, 6) is 0.913. The van der Waals surface area contributed by atoms with Crippen LogP contribution in [0.15, 0.2) is 6.20 Å². The van der Waals surface area contributed by atoms with E-state index in [9.17, 15) is 0 Å². The molecule has 0 saturated carbocycles. The molecule has 0 spiro atoms. The van der Waals surface area contributed by atoms with Gasteiger partial charge in [0.25, 0.3) is 0 Å². The zero-order valence-corrected chi connectivity index (χ0v) is 10.5. The second-order valence-corrected chi connectivity index (χ2v) is 4.44. The first kappa shape index (κ1) is 11.1. The van der Waals surface area contributed by atoms with Crippen LogP contribution in [-0.4, -0.2) is 19.1 Å². The topological polar surface area (TPSA) is 55.6 Å². The molecule has 2 aromatic rings. The zero-order valence-electron chi connectivity index (χ0n) is 9.69. The van der Waals surface area contributed by atoms with Crippen LogP contribution < -0.4 is 5.32 Å². The molecule has 0 amide bonds. The van der Waals surface area contributed by atoms with Crippen molar-refractivity contribution < 1.29 is 0 Å². The lowest BCUT2D eigenvalue weighted by molar-refractivity contribution is 0.756. The van der Waals surface area contributed by atoms with Gasteiger partial charge in [0.2, 0.25) is 5.13 Å². The third kappa shape index (κ3) is 2.38. The summed E-state index contributed by atoms with van der Waals surface area (Å²) in [5, 5.41) is 8.33. The van der Waals surface area contributed by atoms with Crippen molar-refractivity contribution in [3.05, 3.63) is 17.7 Å². The van der Waals surface area contributed by atoms with E-state index in [1.165, 1.54) is 11.5 Å². The molecule has 0 saturated heterocycles. The van der Waals surface area contributed by atoms with Crippen molar-refractivity contribution in [3.63, 3.8) is 0 Å². The molecular weight excluding hydrogens is 222 g/mol. The molecule has 86 valence electrons. The molecule has 0 aliphatic carbocycles. The molecule has 0 unspecified atom stereocenters. The molecule has 0 aromatic carbocycles. The van der Waals surface area contributed by atoms with Gasteiger partial charge < -0.3 is 5.32 Å².